The Kier molecular flexibility index (Phi) is 5.22. The Morgan fingerprint density at radius 2 is 1.72 bits per heavy atom. The third-order valence-corrected chi connectivity index (χ3v) is 7.69. The molecule has 2 aromatic heterocycles. The number of amides is 2. The Bertz CT molecular complexity index is 1610. The van der Waals surface area contributed by atoms with Crippen molar-refractivity contribution in [1.82, 2.24) is 14.9 Å². The molecule has 0 spiro atoms. The summed E-state index contributed by atoms with van der Waals surface area (Å²) < 4.78 is 83.7. The molecule has 1 saturated heterocycles. The number of aromatic nitrogens is 2. The monoisotopic (exact) mass is 552 g/mol. The van der Waals surface area contributed by atoms with Crippen molar-refractivity contribution < 1.29 is 41.0 Å². The van der Waals surface area contributed by atoms with Crippen LogP contribution in [0.4, 0.5) is 32.2 Å². The highest BCUT2D eigenvalue weighted by molar-refractivity contribution is 5.99. The predicted octanol–water partition coefficient (Wildman–Crippen LogP) is 3.12. The fourth-order valence-electron chi connectivity index (χ4n) is 5.88. The van der Waals surface area contributed by atoms with Gasteiger partial charge in [-0.1, -0.05) is 0 Å². The molecular weight excluding hydrogens is 534 g/mol. The highest BCUT2D eigenvalue weighted by Gasteiger charge is 2.79. The second-order valence-corrected chi connectivity index (χ2v) is 10.4. The lowest BCUT2D eigenvalue weighted by Gasteiger charge is -2.70. The average molecular weight is 552 g/mol. The minimum absolute atomic E-state index is 0.0522. The van der Waals surface area contributed by atoms with E-state index >= 15 is 0 Å². The summed E-state index contributed by atoms with van der Waals surface area (Å²) in [5.74, 6) is -5.61. The van der Waals surface area contributed by atoms with E-state index in [0.29, 0.717) is 12.1 Å². The summed E-state index contributed by atoms with van der Waals surface area (Å²) in [6, 6.07) is 3.18. The SMILES string of the molecule is O=C(NC12CC(C(F)(F)F)(C1)C2)c1cn(-c2c(F)cc(F)cc2F)c2nc(N3CC(O)CC3=O)ccc2c1=O. The largest absolute Gasteiger partial charge is 0.394 e. The Morgan fingerprint density at radius 3 is 2.28 bits per heavy atom. The van der Waals surface area contributed by atoms with Gasteiger partial charge in [0.05, 0.1) is 29.9 Å². The smallest absolute Gasteiger partial charge is 0.391 e. The summed E-state index contributed by atoms with van der Waals surface area (Å²) in [7, 11) is 0. The average Bonchev–Trinajstić information content (AvgIpc) is 3.12. The van der Waals surface area contributed by atoms with E-state index in [1.807, 2.05) is 0 Å². The van der Waals surface area contributed by atoms with Crippen LogP contribution in [0.2, 0.25) is 0 Å². The van der Waals surface area contributed by atoms with Crippen LogP contribution in [0.3, 0.4) is 0 Å². The number of anilines is 1. The van der Waals surface area contributed by atoms with Gasteiger partial charge < -0.3 is 10.4 Å². The molecule has 2 bridgehead atoms. The van der Waals surface area contributed by atoms with Gasteiger partial charge >= 0.3 is 6.18 Å². The molecule has 2 N–H and O–H groups in total. The van der Waals surface area contributed by atoms with E-state index in [-0.39, 0.29) is 49.1 Å². The number of fused-ring (bicyclic) bond motifs is 1. The number of benzene rings is 1. The third kappa shape index (κ3) is 3.72. The molecule has 0 radical (unpaired) electrons. The van der Waals surface area contributed by atoms with Crippen molar-refractivity contribution in [3.05, 3.63) is 63.7 Å². The Labute approximate surface area is 214 Å². The Hall–Kier alpha value is -3.94. The van der Waals surface area contributed by atoms with Gasteiger partial charge in [-0.15, -0.1) is 0 Å². The quantitative estimate of drug-likeness (QED) is 0.485. The first-order valence-electron chi connectivity index (χ1n) is 11.8. The van der Waals surface area contributed by atoms with Crippen LogP contribution in [0.15, 0.2) is 35.3 Å². The minimum Gasteiger partial charge on any atom is -0.391 e. The lowest BCUT2D eigenvalue weighted by Crippen LogP contribution is -2.78. The highest BCUT2D eigenvalue weighted by Crippen LogP contribution is 2.73. The number of aliphatic hydroxyl groups excluding tert-OH is 1. The molecule has 1 atom stereocenters. The van der Waals surface area contributed by atoms with Gasteiger partial charge in [0.25, 0.3) is 5.91 Å². The number of hydrogen-bond donors (Lipinski definition) is 2. The van der Waals surface area contributed by atoms with E-state index in [9.17, 15) is 45.8 Å². The van der Waals surface area contributed by atoms with Gasteiger partial charge in [0.1, 0.15) is 22.9 Å². The van der Waals surface area contributed by atoms with Gasteiger partial charge in [0, 0.05) is 23.9 Å². The Balaban J connectivity index is 1.47. The van der Waals surface area contributed by atoms with E-state index in [2.05, 4.69) is 10.3 Å². The van der Waals surface area contributed by atoms with Crippen molar-refractivity contribution in [1.29, 1.82) is 0 Å². The standard InChI is InChI=1S/C25H18F6N4O4/c26-11-3-15(27)19(16(28)4-11)35-7-14(22(39)33-24-8-23(9-24,10-24)25(29,30)31)20(38)13-1-2-17(32-21(13)35)34-6-12(36)5-18(34)37/h1-4,7,12,36H,5-6,8-10H2,(H,33,39). The van der Waals surface area contributed by atoms with Gasteiger partial charge in [-0.3, -0.25) is 23.9 Å². The molecule has 3 aromatic rings. The van der Waals surface area contributed by atoms with Crippen molar-refractivity contribution in [2.24, 2.45) is 5.41 Å². The molecule has 1 unspecified atom stereocenters. The molecule has 3 heterocycles. The topological polar surface area (TPSA) is 105 Å². The number of aliphatic hydroxyl groups is 1. The van der Waals surface area contributed by atoms with Gasteiger partial charge in [-0.2, -0.15) is 13.2 Å². The maximum absolute atomic E-state index is 14.9. The third-order valence-electron chi connectivity index (χ3n) is 7.69. The fourth-order valence-corrected chi connectivity index (χ4v) is 5.88. The van der Waals surface area contributed by atoms with E-state index in [0.717, 1.165) is 15.7 Å². The normalized spacial score (nSPS) is 26.0. The zero-order valence-electron chi connectivity index (χ0n) is 19.8. The number of halogens is 6. The molecule has 1 aromatic carbocycles. The number of rotatable bonds is 4. The van der Waals surface area contributed by atoms with Crippen molar-refractivity contribution in [3.8, 4) is 5.69 Å². The maximum atomic E-state index is 14.9. The van der Waals surface area contributed by atoms with Crippen LogP contribution in [-0.2, 0) is 4.79 Å². The summed E-state index contributed by atoms with van der Waals surface area (Å²) in [6.07, 6.45) is -5.87. The molecule has 7 rings (SSSR count). The summed E-state index contributed by atoms with van der Waals surface area (Å²) in [4.78, 5) is 44.0. The van der Waals surface area contributed by atoms with Crippen molar-refractivity contribution in [3.63, 3.8) is 0 Å². The maximum Gasteiger partial charge on any atom is 0.394 e. The van der Waals surface area contributed by atoms with Gasteiger partial charge in [0.2, 0.25) is 11.3 Å². The molecule has 4 aliphatic rings. The number of carbonyl (C=O) groups excluding carboxylic acids is 2. The first-order valence-corrected chi connectivity index (χ1v) is 11.8. The number of β-amino-alcohol motifs (C(OH)–C–C–N with tert-alkyl or cyclic N) is 1. The predicted molar refractivity (Wildman–Crippen MR) is 123 cm³/mol. The number of carbonyl (C=O) groups is 2. The molecule has 204 valence electrons. The molecule has 3 aliphatic carbocycles. The number of pyridine rings is 2. The molecule has 3 saturated carbocycles. The van der Waals surface area contributed by atoms with Crippen LogP contribution >= 0.6 is 0 Å². The summed E-state index contributed by atoms with van der Waals surface area (Å²) >= 11 is 0. The first kappa shape index (κ1) is 25.3. The number of hydrogen-bond acceptors (Lipinski definition) is 5. The van der Waals surface area contributed by atoms with Gasteiger partial charge in [-0.25, -0.2) is 18.2 Å². The zero-order valence-corrected chi connectivity index (χ0v) is 19.8. The molecule has 39 heavy (non-hydrogen) atoms. The lowest BCUT2D eigenvalue weighted by molar-refractivity contribution is -0.336. The fraction of sp³-hybridized carbons (Fsp3) is 0.360. The van der Waals surface area contributed by atoms with Crippen LogP contribution in [0, 0.1) is 22.9 Å². The van der Waals surface area contributed by atoms with Crippen molar-refractivity contribution >= 4 is 28.7 Å². The number of nitrogens with one attached hydrogen (secondary N) is 1. The summed E-state index contributed by atoms with van der Waals surface area (Å²) in [6.45, 7) is -0.122. The lowest BCUT2D eigenvalue weighted by atomic mass is 9.39. The summed E-state index contributed by atoms with van der Waals surface area (Å²) in [5, 5.41) is 12.0. The van der Waals surface area contributed by atoms with Gasteiger partial charge in [0.15, 0.2) is 17.3 Å². The van der Waals surface area contributed by atoms with Crippen molar-refractivity contribution in [2.75, 3.05) is 11.4 Å². The van der Waals surface area contributed by atoms with Crippen LogP contribution in [-0.4, -0.2) is 50.8 Å². The van der Waals surface area contributed by atoms with E-state index in [4.69, 9.17) is 0 Å². The highest BCUT2D eigenvalue weighted by atomic mass is 19.4. The van der Waals surface area contributed by atoms with Crippen molar-refractivity contribution in [2.45, 2.75) is 43.5 Å². The Morgan fingerprint density at radius 1 is 1.08 bits per heavy atom. The molecular formula is C25H18F6N4O4. The van der Waals surface area contributed by atoms with Crippen LogP contribution in [0.1, 0.15) is 36.0 Å². The van der Waals surface area contributed by atoms with Crippen LogP contribution < -0.4 is 15.6 Å². The van der Waals surface area contributed by atoms with Gasteiger partial charge in [-0.05, 0) is 31.4 Å². The first-order chi connectivity index (χ1) is 18.2. The molecule has 8 nitrogen and oxygen atoms in total. The summed E-state index contributed by atoms with van der Waals surface area (Å²) in [5.41, 5.74) is -5.83. The van der Waals surface area contributed by atoms with E-state index in [1.165, 1.54) is 12.1 Å². The minimum atomic E-state index is -4.43. The van der Waals surface area contributed by atoms with Crippen LogP contribution in [0.5, 0.6) is 0 Å². The molecule has 14 heteroatoms. The zero-order chi connectivity index (χ0) is 28.1. The molecule has 2 amide bonds. The van der Waals surface area contributed by atoms with E-state index in [1.54, 1.807) is 0 Å². The molecule has 1 aliphatic heterocycles. The molecule has 4 fully saturated rings. The number of alkyl halides is 3. The van der Waals surface area contributed by atoms with Crippen LogP contribution in [0.25, 0.3) is 16.7 Å². The second kappa shape index (κ2) is 8.04. The van der Waals surface area contributed by atoms with E-state index < -0.39 is 69.2 Å². The number of nitrogens with zero attached hydrogens (tertiary/aromatic N) is 3. The second-order valence-electron chi connectivity index (χ2n) is 10.4.